The number of piperazine rings is 1. The van der Waals surface area contributed by atoms with E-state index in [2.05, 4.69) is 22.4 Å². The van der Waals surface area contributed by atoms with Crippen LogP contribution in [0, 0.1) is 0 Å². The number of amides is 1. The van der Waals surface area contributed by atoms with Gasteiger partial charge in [0.1, 0.15) is 5.01 Å². The lowest BCUT2D eigenvalue weighted by Crippen LogP contribution is -2.48. The van der Waals surface area contributed by atoms with Gasteiger partial charge in [-0.05, 0) is 6.07 Å². The number of aryl methyl sites for hydroxylation is 1. The first kappa shape index (κ1) is 18.6. The molecule has 0 unspecified atom stereocenters. The minimum Gasteiger partial charge on any atom is -0.336 e. The van der Waals surface area contributed by atoms with E-state index < -0.39 is 0 Å². The predicted molar refractivity (Wildman–Crippen MR) is 110 cm³/mol. The van der Waals surface area contributed by atoms with Gasteiger partial charge in [-0.1, -0.05) is 30.3 Å². The third kappa shape index (κ3) is 4.05. The van der Waals surface area contributed by atoms with Crippen molar-refractivity contribution in [3.8, 4) is 10.6 Å². The van der Waals surface area contributed by atoms with E-state index in [4.69, 9.17) is 4.98 Å². The molecule has 1 amide bonds. The number of carbonyl (C=O) groups excluding carboxylic acids is 1. The van der Waals surface area contributed by atoms with Gasteiger partial charge in [0, 0.05) is 68.5 Å². The summed E-state index contributed by atoms with van der Waals surface area (Å²) < 4.78 is 1.46. The monoisotopic (exact) mass is 394 g/mol. The number of pyridine rings is 1. The van der Waals surface area contributed by atoms with Crippen LogP contribution in [-0.4, -0.2) is 51.4 Å². The van der Waals surface area contributed by atoms with Gasteiger partial charge in [0.05, 0.1) is 5.69 Å². The summed E-state index contributed by atoms with van der Waals surface area (Å²) in [5, 5.41) is 3.15. The van der Waals surface area contributed by atoms with Crippen molar-refractivity contribution in [2.45, 2.75) is 6.54 Å². The predicted octanol–water partition coefficient (Wildman–Crippen LogP) is 2.47. The number of rotatable bonds is 4. The maximum atomic E-state index is 12.6. The molecule has 0 bridgehead atoms. The molecule has 0 saturated carbocycles. The van der Waals surface area contributed by atoms with Crippen LogP contribution in [0.2, 0.25) is 0 Å². The van der Waals surface area contributed by atoms with Crippen molar-refractivity contribution in [3.05, 3.63) is 75.7 Å². The van der Waals surface area contributed by atoms with E-state index in [0.717, 1.165) is 35.9 Å². The van der Waals surface area contributed by atoms with E-state index in [1.54, 1.807) is 30.6 Å². The maximum Gasteiger partial charge on any atom is 0.254 e. The Morgan fingerprint density at radius 2 is 1.86 bits per heavy atom. The van der Waals surface area contributed by atoms with Gasteiger partial charge in [-0.15, -0.1) is 11.3 Å². The van der Waals surface area contributed by atoms with Crippen LogP contribution >= 0.6 is 11.3 Å². The third-order valence-electron chi connectivity index (χ3n) is 4.97. The molecule has 3 heterocycles. The SMILES string of the molecule is Cn1ccc(C(=O)N2CCN(Cc3csc(-c4ccccc4)n3)CC2)cc1=O. The molecule has 6 nitrogen and oxygen atoms in total. The van der Waals surface area contributed by atoms with Crippen LogP contribution < -0.4 is 5.56 Å². The Labute approximate surface area is 167 Å². The summed E-state index contributed by atoms with van der Waals surface area (Å²) >= 11 is 1.66. The highest BCUT2D eigenvalue weighted by atomic mass is 32.1. The molecule has 28 heavy (non-hydrogen) atoms. The van der Waals surface area contributed by atoms with Crippen LogP contribution in [0.3, 0.4) is 0 Å². The third-order valence-corrected chi connectivity index (χ3v) is 5.91. The normalized spacial score (nSPS) is 15.0. The van der Waals surface area contributed by atoms with Crippen molar-refractivity contribution >= 4 is 17.2 Å². The van der Waals surface area contributed by atoms with Crippen molar-refractivity contribution in [1.29, 1.82) is 0 Å². The van der Waals surface area contributed by atoms with Gasteiger partial charge in [0.25, 0.3) is 11.5 Å². The molecular weight excluding hydrogens is 372 g/mol. The summed E-state index contributed by atoms with van der Waals surface area (Å²) in [5.74, 6) is -0.0719. The summed E-state index contributed by atoms with van der Waals surface area (Å²) in [4.78, 5) is 33.3. The van der Waals surface area contributed by atoms with Crippen LogP contribution in [0.25, 0.3) is 10.6 Å². The topological polar surface area (TPSA) is 58.4 Å². The van der Waals surface area contributed by atoms with Gasteiger partial charge in [0.15, 0.2) is 0 Å². The van der Waals surface area contributed by atoms with Gasteiger partial charge in [-0.2, -0.15) is 0 Å². The van der Waals surface area contributed by atoms with Crippen LogP contribution in [0.4, 0.5) is 0 Å². The summed E-state index contributed by atoms with van der Waals surface area (Å²) in [6.45, 7) is 3.70. The molecule has 1 aromatic carbocycles. The molecule has 0 N–H and O–H groups in total. The molecule has 1 aliphatic rings. The van der Waals surface area contributed by atoms with Crippen molar-refractivity contribution < 1.29 is 4.79 Å². The first-order valence-electron chi connectivity index (χ1n) is 9.28. The van der Waals surface area contributed by atoms with Gasteiger partial charge >= 0.3 is 0 Å². The maximum absolute atomic E-state index is 12.6. The molecule has 144 valence electrons. The number of benzene rings is 1. The molecule has 3 aromatic rings. The smallest absolute Gasteiger partial charge is 0.254 e. The molecule has 4 rings (SSSR count). The van der Waals surface area contributed by atoms with E-state index in [9.17, 15) is 9.59 Å². The van der Waals surface area contributed by atoms with E-state index in [0.29, 0.717) is 18.7 Å². The Kier molecular flexibility index (Phi) is 5.36. The largest absolute Gasteiger partial charge is 0.336 e. The average Bonchev–Trinajstić information content (AvgIpc) is 3.19. The van der Waals surface area contributed by atoms with Gasteiger partial charge in [0.2, 0.25) is 0 Å². The lowest BCUT2D eigenvalue weighted by atomic mass is 10.2. The Morgan fingerprint density at radius 1 is 1.11 bits per heavy atom. The summed E-state index contributed by atoms with van der Waals surface area (Å²) in [6.07, 6.45) is 1.64. The average molecular weight is 395 g/mol. The van der Waals surface area contributed by atoms with Gasteiger partial charge in [-0.3, -0.25) is 14.5 Å². The number of nitrogens with zero attached hydrogens (tertiary/aromatic N) is 4. The number of thiazole rings is 1. The minimum atomic E-state index is -0.165. The fourth-order valence-electron chi connectivity index (χ4n) is 3.30. The van der Waals surface area contributed by atoms with E-state index in [-0.39, 0.29) is 11.5 Å². The van der Waals surface area contributed by atoms with Crippen molar-refractivity contribution in [1.82, 2.24) is 19.4 Å². The second-order valence-corrected chi connectivity index (χ2v) is 7.80. The van der Waals surface area contributed by atoms with Gasteiger partial charge in [-0.25, -0.2) is 4.98 Å². The lowest BCUT2D eigenvalue weighted by molar-refractivity contribution is 0.0627. The Hall–Kier alpha value is -2.77. The van der Waals surface area contributed by atoms with E-state index >= 15 is 0 Å². The first-order valence-corrected chi connectivity index (χ1v) is 10.2. The summed E-state index contributed by atoms with van der Waals surface area (Å²) in [5.41, 5.74) is 2.50. The fourth-order valence-corrected chi connectivity index (χ4v) is 4.11. The Balaban J connectivity index is 1.34. The molecular formula is C21H22N4O2S. The molecule has 0 radical (unpaired) electrons. The highest BCUT2D eigenvalue weighted by molar-refractivity contribution is 7.13. The van der Waals surface area contributed by atoms with Crippen LogP contribution in [0.1, 0.15) is 16.1 Å². The van der Waals surface area contributed by atoms with Crippen LogP contribution in [0.5, 0.6) is 0 Å². The quantitative estimate of drug-likeness (QED) is 0.682. The standard InChI is InChI=1S/C21H22N4O2S/c1-23-8-7-17(13-19(23)26)21(27)25-11-9-24(10-12-25)14-18-15-28-20(22-18)16-5-3-2-4-6-16/h2-8,13,15H,9-12,14H2,1H3. The van der Waals surface area contributed by atoms with Crippen molar-refractivity contribution in [3.63, 3.8) is 0 Å². The van der Waals surface area contributed by atoms with Crippen molar-refractivity contribution in [2.75, 3.05) is 26.2 Å². The number of hydrogen-bond donors (Lipinski definition) is 0. The van der Waals surface area contributed by atoms with Crippen LogP contribution in [0.15, 0.2) is 58.8 Å². The summed E-state index contributed by atoms with van der Waals surface area (Å²) in [6, 6.07) is 13.3. The zero-order valence-electron chi connectivity index (χ0n) is 15.7. The second-order valence-electron chi connectivity index (χ2n) is 6.94. The second kappa shape index (κ2) is 8.08. The molecule has 1 saturated heterocycles. The number of hydrogen-bond acceptors (Lipinski definition) is 5. The Morgan fingerprint density at radius 3 is 2.57 bits per heavy atom. The highest BCUT2D eigenvalue weighted by Gasteiger charge is 2.23. The lowest BCUT2D eigenvalue weighted by Gasteiger charge is -2.34. The minimum absolute atomic E-state index is 0.0719. The molecule has 0 aliphatic carbocycles. The molecule has 0 spiro atoms. The first-order chi connectivity index (χ1) is 13.6. The fraction of sp³-hybridized carbons (Fsp3) is 0.286. The molecule has 7 heteroatoms. The van der Waals surface area contributed by atoms with E-state index in [1.807, 2.05) is 23.1 Å². The van der Waals surface area contributed by atoms with Gasteiger partial charge < -0.3 is 9.47 Å². The number of carbonyl (C=O) groups is 1. The highest BCUT2D eigenvalue weighted by Crippen LogP contribution is 2.24. The van der Waals surface area contributed by atoms with E-state index in [1.165, 1.54) is 10.6 Å². The Bertz CT molecular complexity index is 1020. The zero-order valence-corrected chi connectivity index (χ0v) is 16.6. The summed E-state index contributed by atoms with van der Waals surface area (Å²) in [7, 11) is 1.68. The molecule has 1 aliphatic heterocycles. The molecule has 2 aromatic heterocycles. The molecule has 1 fully saturated rings. The van der Waals surface area contributed by atoms with Crippen molar-refractivity contribution in [2.24, 2.45) is 7.05 Å². The zero-order chi connectivity index (χ0) is 19.5. The number of aromatic nitrogens is 2. The van der Waals surface area contributed by atoms with Crippen LogP contribution in [-0.2, 0) is 13.6 Å². The molecule has 0 atom stereocenters.